The predicted octanol–water partition coefficient (Wildman–Crippen LogP) is 4.12. The minimum atomic E-state index is -4.58. The van der Waals surface area contributed by atoms with Gasteiger partial charge in [0.25, 0.3) is 5.91 Å². The van der Waals surface area contributed by atoms with Gasteiger partial charge in [0.05, 0.1) is 18.3 Å². The van der Waals surface area contributed by atoms with Crippen LogP contribution < -0.4 is 11.1 Å². The summed E-state index contributed by atoms with van der Waals surface area (Å²) in [5, 5.41) is 2.76. The number of hydrogen-bond acceptors (Lipinski definition) is 6. The molecule has 176 valence electrons. The van der Waals surface area contributed by atoms with Gasteiger partial charge in [0.15, 0.2) is 5.17 Å². The first-order valence-corrected chi connectivity index (χ1v) is 10.9. The highest BCUT2D eigenvalue weighted by atomic mass is 32.2. The molecule has 4 rings (SSSR count). The Bertz CT molecular complexity index is 1080. The number of ether oxygens (including phenoxy) is 1. The molecule has 0 aliphatic carbocycles. The van der Waals surface area contributed by atoms with Crippen LogP contribution in [0.5, 0.6) is 0 Å². The summed E-state index contributed by atoms with van der Waals surface area (Å²) in [5.74, 6) is -1.12. The Morgan fingerprint density at radius 3 is 2.76 bits per heavy atom. The third kappa shape index (κ3) is 4.67. The first-order chi connectivity index (χ1) is 15.6. The van der Waals surface area contributed by atoms with E-state index in [9.17, 15) is 26.7 Å². The van der Waals surface area contributed by atoms with E-state index in [1.807, 2.05) is 0 Å². The molecule has 0 radical (unpaired) electrons. The number of thioether (sulfide) groups is 1. The number of aliphatic imine (C=N–C) groups is 1. The number of hydrogen-bond donors (Lipinski definition) is 2. The number of benzene rings is 1. The van der Waals surface area contributed by atoms with E-state index in [1.54, 1.807) is 0 Å². The normalized spacial score (nSPS) is 25.2. The van der Waals surface area contributed by atoms with Crippen molar-refractivity contribution in [3.63, 3.8) is 0 Å². The molecular formula is C21H19F5N4O2S. The number of amidine groups is 1. The van der Waals surface area contributed by atoms with Crippen LogP contribution in [0.3, 0.4) is 0 Å². The van der Waals surface area contributed by atoms with Gasteiger partial charge in [0.2, 0.25) is 0 Å². The molecule has 1 aromatic heterocycles. The van der Waals surface area contributed by atoms with Crippen molar-refractivity contribution in [2.45, 2.75) is 24.2 Å². The van der Waals surface area contributed by atoms with Crippen molar-refractivity contribution in [1.82, 2.24) is 4.98 Å². The third-order valence-corrected chi connectivity index (χ3v) is 6.65. The van der Waals surface area contributed by atoms with Crippen molar-refractivity contribution in [3.8, 4) is 0 Å². The van der Waals surface area contributed by atoms with E-state index in [2.05, 4.69) is 15.3 Å². The number of fused-ring (bicyclic) bond motifs is 1. The number of nitrogens with two attached hydrogens (primary N) is 1. The van der Waals surface area contributed by atoms with Crippen LogP contribution in [0, 0.1) is 11.7 Å². The number of halogens is 5. The van der Waals surface area contributed by atoms with Crippen molar-refractivity contribution >= 4 is 28.5 Å². The monoisotopic (exact) mass is 486 g/mol. The summed E-state index contributed by atoms with van der Waals surface area (Å²) in [7, 11) is 0. The van der Waals surface area contributed by atoms with Crippen molar-refractivity contribution in [1.29, 1.82) is 0 Å². The Kier molecular flexibility index (Phi) is 6.32. The fourth-order valence-electron chi connectivity index (χ4n) is 3.98. The molecule has 3 atom stereocenters. The van der Waals surface area contributed by atoms with Gasteiger partial charge in [0.1, 0.15) is 23.7 Å². The summed E-state index contributed by atoms with van der Waals surface area (Å²) in [6, 6.07) is 5.54. The molecule has 3 N–H and O–H groups in total. The van der Waals surface area contributed by atoms with Gasteiger partial charge in [0, 0.05) is 29.1 Å². The summed E-state index contributed by atoms with van der Waals surface area (Å²) < 4.78 is 71.9. The number of anilines is 1. The van der Waals surface area contributed by atoms with E-state index in [0.717, 1.165) is 18.2 Å². The second-order valence-electron chi connectivity index (χ2n) is 7.78. The van der Waals surface area contributed by atoms with Crippen molar-refractivity contribution < 1.29 is 31.5 Å². The molecule has 33 heavy (non-hydrogen) atoms. The van der Waals surface area contributed by atoms with Crippen molar-refractivity contribution in [3.05, 3.63) is 59.2 Å². The predicted molar refractivity (Wildman–Crippen MR) is 113 cm³/mol. The number of rotatable bonds is 4. The van der Waals surface area contributed by atoms with E-state index >= 15 is 0 Å². The average Bonchev–Trinajstić information content (AvgIpc) is 2.79. The largest absolute Gasteiger partial charge is 0.417 e. The maximum absolute atomic E-state index is 15.0. The van der Waals surface area contributed by atoms with Crippen LogP contribution in [0.4, 0.5) is 27.6 Å². The minimum Gasteiger partial charge on any atom is -0.379 e. The fraction of sp³-hybridized carbons (Fsp3) is 0.381. The van der Waals surface area contributed by atoms with E-state index in [-0.39, 0.29) is 34.6 Å². The highest BCUT2D eigenvalue weighted by molar-refractivity contribution is 8.13. The van der Waals surface area contributed by atoms with E-state index in [1.165, 1.54) is 23.9 Å². The lowest BCUT2D eigenvalue weighted by atomic mass is 9.75. The summed E-state index contributed by atoms with van der Waals surface area (Å²) in [6.45, 7) is -0.753. The topological polar surface area (TPSA) is 89.6 Å². The van der Waals surface area contributed by atoms with E-state index in [0.29, 0.717) is 18.4 Å². The van der Waals surface area contributed by atoms with Crippen molar-refractivity contribution in [2.24, 2.45) is 16.6 Å². The lowest BCUT2D eigenvalue weighted by Crippen LogP contribution is -2.50. The first kappa shape index (κ1) is 23.4. The molecule has 1 saturated heterocycles. The summed E-state index contributed by atoms with van der Waals surface area (Å²) >= 11 is 1.30. The number of amides is 1. The van der Waals surface area contributed by atoms with Gasteiger partial charge in [-0.3, -0.25) is 9.78 Å². The molecular weight excluding hydrogens is 467 g/mol. The van der Waals surface area contributed by atoms with Gasteiger partial charge in [-0.1, -0.05) is 11.8 Å². The second kappa shape index (κ2) is 8.90. The molecule has 1 aromatic carbocycles. The smallest absolute Gasteiger partial charge is 0.379 e. The lowest BCUT2D eigenvalue weighted by Gasteiger charge is -2.46. The second-order valence-corrected chi connectivity index (χ2v) is 8.82. The molecule has 0 saturated carbocycles. The quantitative estimate of drug-likeness (QED) is 0.635. The van der Waals surface area contributed by atoms with Crippen LogP contribution in [-0.2, 0) is 16.5 Å². The molecule has 2 aromatic rings. The molecule has 0 bridgehead atoms. The standard InChI is InChI=1S/C21H19F5N4O2S/c22-7-14-5-12-9-33-19(27)30-20(12,10-32-14)15-6-13(2-3-16(15)23)29-18(31)17-4-1-11(8-28-17)21(24,25)26/h1-4,6,8,12,14H,5,7,9-10H2,(H2,27,30)(H,29,31)/t12?,14-,20+/m1/s1. The maximum atomic E-state index is 15.0. The number of pyridine rings is 1. The number of carbonyl (C=O) groups excluding carboxylic acids is 1. The van der Waals surface area contributed by atoms with E-state index in [4.69, 9.17) is 10.5 Å². The Hall–Kier alpha value is -2.73. The molecule has 2 aliphatic rings. The van der Waals surface area contributed by atoms with Crippen molar-refractivity contribution in [2.75, 3.05) is 24.4 Å². The SMILES string of the molecule is NC1=N[C@@]2(c3cc(NC(=O)c4ccc(C(F)(F)F)cn4)ccc3F)CO[C@@H](CF)CC2CS1. The molecule has 1 unspecified atom stereocenters. The van der Waals surface area contributed by atoms with Gasteiger partial charge in [-0.25, -0.2) is 13.8 Å². The summed E-state index contributed by atoms with van der Waals surface area (Å²) in [5.41, 5.74) is 3.83. The van der Waals surface area contributed by atoms with Gasteiger partial charge in [-0.2, -0.15) is 13.2 Å². The van der Waals surface area contributed by atoms with Crippen LogP contribution >= 0.6 is 11.8 Å². The molecule has 3 heterocycles. The lowest BCUT2D eigenvalue weighted by molar-refractivity contribution is -0.137. The number of nitrogens with zero attached hydrogens (tertiary/aromatic N) is 2. The zero-order chi connectivity index (χ0) is 23.8. The fourth-order valence-corrected chi connectivity index (χ4v) is 4.99. The molecule has 12 heteroatoms. The Labute approximate surface area is 189 Å². The zero-order valence-corrected chi connectivity index (χ0v) is 17.9. The number of alkyl halides is 4. The highest BCUT2D eigenvalue weighted by Gasteiger charge is 2.49. The van der Waals surface area contributed by atoms with Crippen LogP contribution in [0.25, 0.3) is 0 Å². The Balaban J connectivity index is 1.62. The number of nitrogens with one attached hydrogen (secondary N) is 1. The van der Waals surface area contributed by atoms with Gasteiger partial charge in [-0.15, -0.1) is 0 Å². The van der Waals surface area contributed by atoms with Crippen LogP contribution in [0.15, 0.2) is 41.5 Å². The molecule has 2 aliphatic heterocycles. The minimum absolute atomic E-state index is 0.0811. The molecule has 0 spiro atoms. The van der Waals surface area contributed by atoms with Crippen LogP contribution in [0.2, 0.25) is 0 Å². The van der Waals surface area contributed by atoms with Crippen LogP contribution in [-0.4, -0.2) is 41.2 Å². The maximum Gasteiger partial charge on any atom is 0.417 e. The average molecular weight is 486 g/mol. The third-order valence-electron chi connectivity index (χ3n) is 5.69. The Morgan fingerprint density at radius 2 is 2.09 bits per heavy atom. The van der Waals surface area contributed by atoms with Gasteiger partial charge >= 0.3 is 6.18 Å². The van der Waals surface area contributed by atoms with Crippen LogP contribution in [0.1, 0.15) is 28.0 Å². The van der Waals surface area contributed by atoms with Gasteiger partial charge < -0.3 is 15.8 Å². The van der Waals surface area contributed by atoms with E-state index < -0.39 is 41.8 Å². The first-order valence-electron chi connectivity index (χ1n) is 9.92. The molecule has 1 fully saturated rings. The molecule has 1 amide bonds. The van der Waals surface area contributed by atoms with Gasteiger partial charge in [-0.05, 0) is 36.8 Å². The summed E-state index contributed by atoms with van der Waals surface area (Å²) in [6.07, 6.45) is -4.30. The molecule has 6 nitrogen and oxygen atoms in total. The number of aromatic nitrogens is 1. The zero-order valence-electron chi connectivity index (χ0n) is 17.0. The Morgan fingerprint density at radius 1 is 1.30 bits per heavy atom. The summed E-state index contributed by atoms with van der Waals surface area (Å²) in [4.78, 5) is 20.5. The number of carbonyl (C=O) groups is 1. The highest BCUT2D eigenvalue weighted by Crippen LogP contribution is 2.47.